The number of rotatable bonds is 4. The molecule has 0 spiro atoms. The highest BCUT2D eigenvalue weighted by Crippen LogP contribution is 2.53. The van der Waals surface area contributed by atoms with Gasteiger partial charge in [-0.1, -0.05) is 29.8 Å². The molecule has 2 aromatic carbocycles. The molecule has 0 heterocycles. The van der Waals surface area contributed by atoms with Crippen molar-refractivity contribution < 1.29 is 17.9 Å². The summed E-state index contributed by atoms with van der Waals surface area (Å²) in [5.41, 5.74) is 1.74. The van der Waals surface area contributed by atoms with Gasteiger partial charge in [0.2, 0.25) is 0 Å². The molecule has 0 aromatic heterocycles. The van der Waals surface area contributed by atoms with Gasteiger partial charge in [0, 0.05) is 18.4 Å². The van der Waals surface area contributed by atoms with Crippen LogP contribution < -0.4 is 0 Å². The van der Waals surface area contributed by atoms with Gasteiger partial charge in [0.05, 0.1) is 10.1 Å². The lowest BCUT2D eigenvalue weighted by atomic mass is 10.1. The summed E-state index contributed by atoms with van der Waals surface area (Å²) in [4.78, 5) is 0.270. The number of sulfone groups is 1. The standard InChI is InChI=1S/C17H17FO3S/c1-11-2-8-14(9-3-11)22(20,21)17-15(10-19)16(17)12-4-6-13(18)7-5-12/h2-9,15-17,19H,10H2,1H3/t15-,16+,17+/m0/s1. The summed E-state index contributed by atoms with van der Waals surface area (Å²) in [6.07, 6.45) is 0. The van der Waals surface area contributed by atoms with Crippen LogP contribution in [0, 0.1) is 18.7 Å². The average molecular weight is 320 g/mol. The maximum Gasteiger partial charge on any atom is 0.182 e. The summed E-state index contributed by atoms with van der Waals surface area (Å²) in [5.74, 6) is -0.975. The van der Waals surface area contributed by atoms with Crippen LogP contribution >= 0.6 is 0 Å². The van der Waals surface area contributed by atoms with E-state index in [1.807, 2.05) is 6.92 Å². The van der Waals surface area contributed by atoms with Crippen molar-refractivity contribution in [2.45, 2.75) is 23.0 Å². The van der Waals surface area contributed by atoms with E-state index in [0.717, 1.165) is 11.1 Å². The van der Waals surface area contributed by atoms with Crippen LogP contribution in [0.5, 0.6) is 0 Å². The monoisotopic (exact) mass is 320 g/mol. The minimum absolute atomic E-state index is 0.197. The Balaban J connectivity index is 1.93. The lowest BCUT2D eigenvalue weighted by Gasteiger charge is -2.05. The summed E-state index contributed by atoms with van der Waals surface area (Å²) < 4.78 is 38.5. The van der Waals surface area contributed by atoms with Crippen molar-refractivity contribution in [2.75, 3.05) is 6.61 Å². The molecule has 0 radical (unpaired) electrons. The zero-order valence-electron chi connectivity index (χ0n) is 12.1. The molecule has 0 unspecified atom stereocenters. The lowest BCUT2D eigenvalue weighted by molar-refractivity contribution is 0.274. The zero-order chi connectivity index (χ0) is 15.9. The van der Waals surface area contributed by atoms with E-state index in [0.29, 0.717) is 0 Å². The molecule has 1 aliphatic rings. The van der Waals surface area contributed by atoms with Crippen LogP contribution in [0.2, 0.25) is 0 Å². The van der Waals surface area contributed by atoms with Gasteiger partial charge in [-0.15, -0.1) is 0 Å². The predicted octanol–water partition coefficient (Wildman–Crippen LogP) is 2.68. The van der Waals surface area contributed by atoms with Crippen LogP contribution in [-0.4, -0.2) is 25.4 Å². The fraction of sp³-hybridized carbons (Fsp3) is 0.294. The first kappa shape index (κ1) is 15.2. The summed E-state index contributed by atoms with van der Waals surface area (Å²) >= 11 is 0. The third kappa shape index (κ3) is 2.55. The molecule has 1 saturated carbocycles. The molecule has 3 atom stereocenters. The first-order valence-corrected chi connectivity index (χ1v) is 8.66. The molecule has 1 aliphatic carbocycles. The largest absolute Gasteiger partial charge is 0.396 e. The van der Waals surface area contributed by atoms with E-state index in [1.54, 1.807) is 36.4 Å². The van der Waals surface area contributed by atoms with Crippen LogP contribution in [0.3, 0.4) is 0 Å². The molecular formula is C17H17FO3S. The van der Waals surface area contributed by atoms with Crippen molar-refractivity contribution >= 4 is 9.84 Å². The highest BCUT2D eigenvalue weighted by atomic mass is 32.2. The number of hydrogen-bond acceptors (Lipinski definition) is 3. The van der Waals surface area contributed by atoms with Crippen LogP contribution in [0.1, 0.15) is 17.0 Å². The van der Waals surface area contributed by atoms with Gasteiger partial charge >= 0.3 is 0 Å². The van der Waals surface area contributed by atoms with E-state index in [9.17, 15) is 17.9 Å². The quantitative estimate of drug-likeness (QED) is 0.942. The van der Waals surface area contributed by atoms with Crippen molar-refractivity contribution in [2.24, 2.45) is 5.92 Å². The smallest absolute Gasteiger partial charge is 0.182 e. The summed E-state index contributed by atoms with van der Waals surface area (Å²) in [5, 5.41) is 8.83. The van der Waals surface area contributed by atoms with E-state index in [2.05, 4.69) is 0 Å². The Morgan fingerprint density at radius 2 is 1.64 bits per heavy atom. The van der Waals surface area contributed by atoms with Gasteiger partial charge in [0.15, 0.2) is 9.84 Å². The second kappa shape index (κ2) is 5.48. The van der Waals surface area contributed by atoms with Gasteiger partial charge in [-0.2, -0.15) is 0 Å². The van der Waals surface area contributed by atoms with Gasteiger partial charge in [-0.05, 0) is 36.8 Å². The Bertz CT molecular complexity index is 767. The Morgan fingerprint density at radius 1 is 1.05 bits per heavy atom. The molecule has 5 heteroatoms. The normalized spacial score (nSPS) is 24.2. The highest BCUT2D eigenvalue weighted by molar-refractivity contribution is 7.92. The van der Waals surface area contributed by atoms with E-state index in [4.69, 9.17) is 0 Å². The first-order valence-electron chi connectivity index (χ1n) is 7.12. The highest BCUT2D eigenvalue weighted by Gasteiger charge is 2.58. The Kier molecular flexibility index (Phi) is 3.78. The van der Waals surface area contributed by atoms with Crippen molar-refractivity contribution in [3.05, 3.63) is 65.5 Å². The van der Waals surface area contributed by atoms with Crippen LogP contribution in [-0.2, 0) is 9.84 Å². The number of aliphatic hydroxyl groups excluding tert-OH is 1. The van der Waals surface area contributed by atoms with E-state index < -0.39 is 15.1 Å². The maximum atomic E-state index is 13.0. The van der Waals surface area contributed by atoms with Crippen molar-refractivity contribution in [1.29, 1.82) is 0 Å². The molecule has 0 aliphatic heterocycles. The third-order valence-electron chi connectivity index (χ3n) is 4.27. The molecule has 22 heavy (non-hydrogen) atoms. The number of aliphatic hydroxyl groups is 1. The van der Waals surface area contributed by atoms with Crippen molar-refractivity contribution in [3.63, 3.8) is 0 Å². The first-order chi connectivity index (χ1) is 10.4. The number of halogens is 1. The molecule has 3 nitrogen and oxygen atoms in total. The van der Waals surface area contributed by atoms with E-state index in [1.165, 1.54) is 12.1 Å². The molecule has 0 bridgehead atoms. The van der Waals surface area contributed by atoms with Gasteiger partial charge < -0.3 is 5.11 Å². The Hall–Kier alpha value is -1.72. The second-order valence-electron chi connectivity index (χ2n) is 5.75. The Morgan fingerprint density at radius 3 is 2.18 bits per heavy atom. The van der Waals surface area contributed by atoms with Crippen molar-refractivity contribution in [1.82, 2.24) is 0 Å². The van der Waals surface area contributed by atoms with E-state index >= 15 is 0 Å². The topological polar surface area (TPSA) is 54.4 Å². The molecule has 2 aromatic rings. The molecule has 0 amide bonds. The van der Waals surface area contributed by atoms with Crippen LogP contribution in [0.25, 0.3) is 0 Å². The minimum atomic E-state index is -3.51. The maximum absolute atomic E-state index is 13.0. The molecule has 0 saturated heterocycles. The van der Waals surface area contributed by atoms with Crippen LogP contribution in [0.15, 0.2) is 53.4 Å². The fourth-order valence-corrected chi connectivity index (χ4v) is 5.19. The summed E-state index contributed by atoms with van der Waals surface area (Å²) in [6, 6.07) is 12.5. The molecule has 1 fully saturated rings. The van der Waals surface area contributed by atoms with Crippen LogP contribution in [0.4, 0.5) is 4.39 Å². The van der Waals surface area contributed by atoms with Crippen molar-refractivity contribution in [3.8, 4) is 0 Å². The lowest BCUT2D eigenvalue weighted by Crippen LogP contribution is -2.11. The fourth-order valence-electron chi connectivity index (χ4n) is 2.99. The number of hydrogen-bond donors (Lipinski definition) is 1. The second-order valence-corrected chi connectivity index (χ2v) is 7.85. The average Bonchev–Trinajstić information content (AvgIpc) is 3.24. The molecule has 1 N–H and O–H groups in total. The SMILES string of the molecule is Cc1ccc(S(=O)(=O)[C@@H]2[C@@H](CO)[C@H]2c2ccc(F)cc2)cc1. The zero-order valence-corrected chi connectivity index (χ0v) is 12.9. The third-order valence-corrected chi connectivity index (χ3v) is 6.56. The molecule has 116 valence electrons. The summed E-state index contributed by atoms with van der Waals surface area (Å²) in [6.45, 7) is 1.70. The molecule has 3 rings (SSSR count). The van der Waals surface area contributed by atoms with E-state index in [-0.39, 0.29) is 29.2 Å². The van der Waals surface area contributed by atoms with Gasteiger partial charge in [0.1, 0.15) is 5.82 Å². The predicted molar refractivity (Wildman–Crippen MR) is 81.9 cm³/mol. The number of aryl methyl sites for hydroxylation is 1. The summed E-state index contributed by atoms with van der Waals surface area (Å²) in [7, 11) is -3.51. The molecular weight excluding hydrogens is 303 g/mol. The number of benzene rings is 2. The van der Waals surface area contributed by atoms with Gasteiger partial charge in [0.25, 0.3) is 0 Å². The van der Waals surface area contributed by atoms with Gasteiger partial charge in [-0.3, -0.25) is 0 Å². The minimum Gasteiger partial charge on any atom is -0.396 e. The Labute approximate surface area is 129 Å². The van der Waals surface area contributed by atoms with Gasteiger partial charge in [-0.25, -0.2) is 12.8 Å².